The molecule has 2 aromatic heterocycles. The zero-order chi connectivity index (χ0) is 26.1. The molecule has 3 aromatic rings. The molecule has 0 aliphatic heterocycles. The molecule has 0 fully saturated rings. The van der Waals surface area contributed by atoms with Gasteiger partial charge in [-0.15, -0.1) is 0 Å². The van der Waals surface area contributed by atoms with Gasteiger partial charge in [0, 0.05) is 29.8 Å². The number of fused-ring (bicyclic) bond motifs is 3. The normalized spacial score (nSPS) is 14.1. The molecule has 0 radical (unpaired) electrons. The topological polar surface area (TPSA) is 82.8 Å². The van der Waals surface area contributed by atoms with Crippen LogP contribution in [0.25, 0.3) is 21.7 Å². The van der Waals surface area contributed by atoms with Crippen LogP contribution in [0.2, 0.25) is 5.02 Å². The predicted molar refractivity (Wildman–Crippen MR) is 142 cm³/mol. The Morgan fingerprint density at radius 3 is 2.49 bits per heavy atom. The minimum Gasteiger partial charge on any atom is -0.491 e. The van der Waals surface area contributed by atoms with Crippen LogP contribution in [0.1, 0.15) is 53.7 Å². The number of carbonyl (C=O) groups is 1. The summed E-state index contributed by atoms with van der Waals surface area (Å²) in [7, 11) is 1.73. The second-order valence-corrected chi connectivity index (χ2v) is 11.2. The van der Waals surface area contributed by atoms with Crippen molar-refractivity contribution in [3.8, 4) is 5.75 Å². The molecule has 0 N–H and O–H groups in total. The Morgan fingerprint density at radius 2 is 1.86 bits per heavy atom. The largest absolute Gasteiger partial charge is 0.491 e. The highest BCUT2D eigenvalue weighted by Crippen LogP contribution is 2.34. The number of rotatable bonds is 6. The van der Waals surface area contributed by atoms with Crippen molar-refractivity contribution in [2.45, 2.75) is 60.5 Å². The minimum atomic E-state index is -0.642. The molecule has 0 aliphatic carbocycles. The van der Waals surface area contributed by atoms with Gasteiger partial charge < -0.3 is 14.0 Å². The highest BCUT2D eigenvalue weighted by molar-refractivity contribution is 6.33. The molecule has 2 heterocycles. The van der Waals surface area contributed by atoms with E-state index in [0.717, 1.165) is 28.4 Å². The Kier molecular flexibility index (Phi) is 7.60. The Labute approximate surface area is 211 Å². The number of nitrogens with zero attached hydrogens (tertiary/aromatic N) is 3. The maximum Gasteiger partial charge on any atom is 0.433 e. The molecule has 0 spiro atoms. The molecule has 1 aromatic carbocycles. The van der Waals surface area contributed by atoms with Crippen LogP contribution >= 0.6 is 11.6 Å². The summed E-state index contributed by atoms with van der Waals surface area (Å²) in [4.78, 5) is 33.6. The van der Waals surface area contributed by atoms with E-state index >= 15 is 0 Å². The van der Waals surface area contributed by atoms with Crippen molar-refractivity contribution in [2.75, 3.05) is 6.61 Å². The summed E-state index contributed by atoms with van der Waals surface area (Å²) in [5, 5.41) is 2.56. The molecule has 3 rings (SSSR count). The number of amides is 1. The Morgan fingerprint density at radius 1 is 1.17 bits per heavy atom. The average Bonchev–Trinajstić information content (AvgIpc) is 2.73. The first-order valence-corrected chi connectivity index (χ1v) is 12.1. The SMILES string of the molecule is Cc1cc2c3cc(Cl)c(OC[C@@](C)(C=NC(=O)OC(C)(C)C)CC(C)C)cc3c(=O)n(C)c2cn1. The van der Waals surface area contributed by atoms with Gasteiger partial charge in [-0.1, -0.05) is 32.4 Å². The molecule has 8 heteroatoms. The van der Waals surface area contributed by atoms with Crippen molar-refractivity contribution in [1.29, 1.82) is 0 Å². The monoisotopic (exact) mass is 499 g/mol. The third-order valence-electron chi connectivity index (χ3n) is 5.59. The number of aliphatic imine (C=N–C) groups is 1. The first-order valence-electron chi connectivity index (χ1n) is 11.7. The Bertz CT molecular complexity index is 1350. The lowest BCUT2D eigenvalue weighted by molar-refractivity contribution is 0.0602. The van der Waals surface area contributed by atoms with Crippen LogP contribution in [0.15, 0.2) is 34.2 Å². The highest BCUT2D eigenvalue weighted by atomic mass is 35.5. The number of hydrogen-bond donors (Lipinski definition) is 0. The third kappa shape index (κ3) is 6.40. The summed E-state index contributed by atoms with van der Waals surface area (Å²) in [6.45, 7) is 13.7. The minimum absolute atomic E-state index is 0.156. The summed E-state index contributed by atoms with van der Waals surface area (Å²) < 4.78 is 13.0. The number of pyridine rings is 2. The van der Waals surface area contributed by atoms with Gasteiger partial charge in [0.15, 0.2) is 0 Å². The molecule has 0 saturated carbocycles. The lowest BCUT2D eigenvalue weighted by Gasteiger charge is -2.27. The van der Waals surface area contributed by atoms with E-state index in [9.17, 15) is 9.59 Å². The summed E-state index contributed by atoms with van der Waals surface area (Å²) in [5.74, 6) is 0.735. The van der Waals surface area contributed by atoms with E-state index in [1.165, 1.54) is 0 Å². The summed E-state index contributed by atoms with van der Waals surface area (Å²) in [6.07, 6.45) is 3.38. The van der Waals surface area contributed by atoms with Crippen molar-refractivity contribution in [2.24, 2.45) is 23.4 Å². The van der Waals surface area contributed by atoms with Crippen LogP contribution in [-0.2, 0) is 11.8 Å². The van der Waals surface area contributed by atoms with Gasteiger partial charge in [0.2, 0.25) is 0 Å². The number of aromatic nitrogens is 2. The van der Waals surface area contributed by atoms with Crippen molar-refractivity contribution in [3.05, 3.63) is 45.5 Å². The first-order chi connectivity index (χ1) is 16.2. The van der Waals surface area contributed by atoms with Gasteiger partial charge in [-0.25, -0.2) is 4.79 Å². The molecular weight excluding hydrogens is 466 g/mol. The molecule has 0 saturated heterocycles. The molecule has 7 nitrogen and oxygen atoms in total. The van der Waals surface area contributed by atoms with Gasteiger partial charge in [-0.2, -0.15) is 4.99 Å². The van der Waals surface area contributed by atoms with E-state index in [1.807, 2.05) is 19.9 Å². The summed E-state index contributed by atoms with van der Waals surface area (Å²) >= 11 is 6.61. The van der Waals surface area contributed by atoms with E-state index in [1.54, 1.807) is 56.9 Å². The fourth-order valence-electron chi connectivity index (χ4n) is 4.21. The molecule has 1 atom stereocenters. The molecule has 0 unspecified atom stereocenters. The lowest BCUT2D eigenvalue weighted by atomic mass is 9.84. The number of benzene rings is 1. The number of aryl methyl sites for hydroxylation is 2. The van der Waals surface area contributed by atoms with Gasteiger partial charge >= 0.3 is 6.09 Å². The molecule has 0 aliphatic rings. The molecule has 35 heavy (non-hydrogen) atoms. The van der Waals surface area contributed by atoms with Gasteiger partial charge in [-0.3, -0.25) is 9.78 Å². The highest BCUT2D eigenvalue weighted by Gasteiger charge is 2.27. The molecule has 1 amide bonds. The molecular formula is C27H34ClN3O4. The van der Waals surface area contributed by atoms with E-state index in [4.69, 9.17) is 21.1 Å². The van der Waals surface area contributed by atoms with Crippen molar-refractivity contribution in [1.82, 2.24) is 9.55 Å². The van der Waals surface area contributed by atoms with Crippen LogP contribution in [0.4, 0.5) is 4.79 Å². The smallest absolute Gasteiger partial charge is 0.433 e. The van der Waals surface area contributed by atoms with Crippen LogP contribution in [-0.4, -0.2) is 34.1 Å². The summed E-state index contributed by atoms with van der Waals surface area (Å²) in [6, 6.07) is 5.40. The van der Waals surface area contributed by atoms with Crippen LogP contribution in [0.3, 0.4) is 0 Å². The van der Waals surface area contributed by atoms with E-state index in [2.05, 4.69) is 23.8 Å². The fourth-order valence-corrected chi connectivity index (χ4v) is 4.43. The predicted octanol–water partition coefficient (Wildman–Crippen LogP) is 6.49. The van der Waals surface area contributed by atoms with Gasteiger partial charge in [0.1, 0.15) is 11.4 Å². The van der Waals surface area contributed by atoms with Crippen molar-refractivity contribution >= 4 is 45.6 Å². The number of ether oxygens (including phenoxy) is 2. The second-order valence-electron chi connectivity index (χ2n) is 10.8. The third-order valence-corrected chi connectivity index (χ3v) is 5.88. The zero-order valence-electron chi connectivity index (χ0n) is 21.7. The zero-order valence-corrected chi connectivity index (χ0v) is 22.5. The van der Waals surface area contributed by atoms with Gasteiger partial charge in [-0.05, 0) is 63.6 Å². The van der Waals surface area contributed by atoms with Crippen LogP contribution < -0.4 is 10.3 Å². The quantitative estimate of drug-likeness (QED) is 0.286. The van der Waals surface area contributed by atoms with Gasteiger partial charge in [0.05, 0.1) is 28.7 Å². The average molecular weight is 500 g/mol. The summed E-state index contributed by atoms with van der Waals surface area (Å²) in [5.41, 5.74) is 0.253. The van der Waals surface area contributed by atoms with Crippen molar-refractivity contribution < 1.29 is 14.3 Å². The maximum atomic E-state index is 13.1. The molecule has 188 valence electrons. The number of hydrogen-bond acceptors (Lipinski definition) is 5. The Balaban J connectivity index is 1.97. The van der Waals surface area contributed by atoms with E-state index in [-0.39, 0.29) is 12.2 Å². The maximum absolute atomic E-state index is 13.1. The standard InChI is InChI=1S/C27H34ClN3O4/c1-16(2)12-27(7,14-30-25(33)35-26(4,5)6)15-34-23-11-20-18(10-21(23)28)19-9-17(3)29-13-22(19)31(8)24(20)32/h9-11,13-14,16H,12,15H2,1-8H3/t27-/m1/s1. The first kappa shape index (κ1) is 26.7. The lowest BCUT2D eigenvalue weighted by Crippen LogP contribution is -2.30. The second kappa shape index (κ2) is 9.97. The van der Waals surface area contributed by atoms with Crippen molar-refractivity contribution in [3.63, 3.8) is 0 Å². The van der Waals surface area contributed by atoms with Gasteiger partial charge in [0.25, 0.3) is 5.56 Å². The number of halogens is 1. The van der Waals surface area contributed by atoms with E-state index < -0.39 is 17.1 Å². The van der Waals surface area contributed by atoms with E-state index in [0.29, 0.717) is 22.1 Å². The molecule has 0 bridgehead atoms. The van der Waals surface area contributed by atoms with Crippen LogP contribution in [0.5, 0.6) is 5.75 Å². The van der Waals surface area contributed by atoms with Crippen LogP contribution in [0, 0.1) is 18.3 Å². The number of carbonyl (C=O) groups excluding carboxylic acids is 1. The Hall–Kier alpha value is -2.93. The fraction of sp³-hybridized carbons (Fsp3) is 0.481.